The maximum Gasteiger partial charge on any atom is 0.271 e. The Bertz CT molecular complexity index is 991. The molecule has 0 fully saturated rings. The number of hydrogen-bond acceptors (Lipinski definition) is 3. The fourth-order valence-corrected chi connectivity index (χ4v) is 3.30. The summed E-state index contributed by atoms with van der Waals surface area (Å²) in [5, 5.41) is 1.19. The summed E-state index contributed by atoms with van der Waals surface area (Å²) >= 11 is 12.1. The summed E-state index contributed by atoms with van der Waals surface area (Å²) in [5.74, 6) is -0.699. The Morgan fingerprint density at radius 1 is 1.04 bits per heavy atom. The molecule has 0 bridgehead atoms. The van der Waals surface area contributed by atoms with Gasteiger partial charge < -0.3 is 9.30 Å². The Morgan fingerprint density at radius 2 is 1.65 bits per heavy atom. The second-order valence-corrected chi connectivity index (χ2v) is 6.37. The van der Waals surface area contributed by atoms with Gasteiger partial charge in [0, 0.05) is 29.7 Å². The van der Waals surface area contributed by atoms with Crippen molar-refractivity contribution in [3.63, 3.8) is 0 Å². The number of amides is 2. The number of hydrogen-bond donors (Lipinski definition) is 2. The van der Waals surface area contributed by atoms with E-state index in [9.17, 15) is 9.59 Å². The number of carbonyl (C=O) groups excluding carboxylic acids is 2. The van der Waals surface area contributed by atoms with Crippen molar-refractivity contribution in [1.29, 1.82) is 0 Å². The van der Waals surface area contributed by atoms with Crippen molar-refractivity contribution in [2.45, 2.75) is 0 Å². The van der Waals surface area contributed by atoms with E-state index in [0.717, 1.165) is 10.9 Å². The SMILES string of the molecule is COc1c(Cl)cc(C(=O)NNC(=O)c2cn(C)c3ccccc23)cc1Cl. The van der Waals surface area contributed by atoms with Crippen molar-refractivity contribution < 1.29 is 14.3 Å². The smallest absolute Gasteiger partial charge is 0.271 e. The van der Waals surface area contributed by atoms with Gasteiger partial charge in [-0.2, -0.15) is 0 Å². The average Bonchev–Trinajstić information content (AvgIpc) is 2.96. The molecule has 1 aromatic heterocycles. The van der Waals surface area contributed by atoms with Crippen molar-refractivity contribution in [2.75, 3.05) is 7.11 Å². The molecule has 6 nitrogen and oxygen atoms in total. The summed E-state index contributed by atoms with van der Waals surface area (Å²) in [6.45, 7) is 0. The number of para-hydroxylation sites is 1. The van der Waals surface area contributed by atoms with E-state index in [1.54, 1.807) is 6.20 Å². The fourth-order valence-electron chi connectivity index (χ4n) is 2.66. The maximum absolute atomic E-state index is 12.4. The quantitative estimate of drug-likeness (QED) is 0.670. The minimum absolute atomic E-state index is 0.194. The number of fused-ring (bicyclic) bond motifs is 1. The summed E-state index contributed by atoms with van der Waals surface area (Å²) in [5.41, 5.74) is 6.32. The standard InChI is InChI=1S/C18H15Cl2N3O3/c1-23-9-12(11-5-3-4-6-15(11)23)18(25)22-21-17(24)10-7-13(19)16(26-2)14(20)8-10/h3-9H,1-2H3,(H,21,24)(H,22,25). The molecule has 0 saturated heterocycles. The van der Waals surface area contributed by atoms with E-state index in [-0.39, 0.29) is 21.4 Å². The van der Waals surface area contributed by atoms with E-state index in [2.05, 4.69) is 10.9 Å². The van der Waals surface area contributed by atoms with Crippen molar-refractivity contribution in [1.82, 2.24) is 15.4 Å². The topological polar surface area (TPSA) is 72.4 Å². The van der Waals surface area contributed by atoms with Gasteiger partial charge >= 0.3 is 0 Å². The summed E-state index contributed by atoms with van der Waals surface area (Å²) in [6, 6.07) is 10.3. The normalized spacial score (nSPS) is 10.6. The summed E-state index contributed by atoms with van der Waals surface area (Å²) in [7, 11) is 3.27. The monoisotopic (exact) mass is 391 g/mol. The number of aryl methyl sites for hydroxylation is 1. The van der Waals surface area contributed by atoms with Crippen molar-refractivity contribution in [3.8, 4) is 5.75 Å². The van der Waals surface area contributed by atoms with Crippen LogP contribution in [0.15, 0.2) is 42.6 Å². The van der Waals surface area contributed by atoms with Crippen LogP contribution < -0.4 is 15.6 Å². The lowest BCUT2D eigenvalue weighted by atomic mass is 10.2. The van der Waals surface area contributed by atoms with Gasteiger partial charge in [0.15, 0.2) is 5.75 Å². The number of halogens is 2. The number of hydrazine groups is 1. The van der Waals surface area contributed by atoms with E-state index < -0.39 is 11.8 Å². The van der Waals surface area contributed by atoms with E-state index in [0.29, 0.717) is 5.56 Å². The zero-order valence-electron chi connectivity index (χ0n) is 14.0. The Kier molecular flexibility index (Phi) is 5.06. The molecular formula is C18H15Cl2N3O3. The number of benzene rings is 2. The number of carbonyl (C=O) groups is 2. The van der Waals surface area contributed by atoms with Crippen LogP contribution in [0.25, 0.3) is 10.9 Å². The van der Waals surface area contributed by atoms with Gasteiger partial charge in [0.1, 0.15) is 0 Å². The maximum atomic E-state index is 12.4. The van der Waals surface area contributed by atoms with Crippen LogP contribution in [0.5, 0.6) is 5.75 Å². The molecule has 8 heteroatoms. The predicted molar refractivity (Wildman–Crippen MR) is 101 cm³/mol. The second-order valence-electron chi connectivity index (χ2n) is 5.55. The number of methoxy groups -OCH3 is 1. The Morgan fingerprint density at radius 3 is 2.31 bits per heavy atom. The highest BCUT2D eigenvalue weighted by atomic mass is 35.5. The van der Waals surface area contributed by atoms with Gasteiger partial charge in [-0.1, -0.05) is 41.4 Å². The number of aromatic nitrogens is 1. The fraction of sp³-hybridized carbons (Fsp3) is 0.111. The van der Waals surface area contributed by atoms with Gasteiger partial charge in [-0.05, 0) is 18.2 Å². The summed E-state index contributed by atoms with van der Waals surface area (Å²) < 4.78 is 6.88. The Balaban J connectivity index is 1.76. The zero-order chi connectivity index (χ0) is 18.8. The lowest BCUT2D eigenvalue weighted by molar-refractivity contribution is 0.0847. The third-order valence-electron chi connectivity index (χ3n) is 3.90. The van der Waals surface area contributed by atoms with Gasteiger partial charge in [-0.15, -0.1) is 0 Å². The van der Waals surface area contributed by atoms with Gasteiger partial charge in [0.05, 0.1) is 22.7 Å². The van der Waals surface area contributed by atoms with Crippen LogP contribution in [0.3, 0.4) is 0 Å². The molecule has 3 aromatic rings. The molecule has 0 atom stereocenters. The second kappa shape index (κ2) is 7.27. The first kappa shape index (κ1) is 18.1. The van der Waals surface area contributed by atoms with Crippen molar-refractivity contribution in [2.24, 2.45) is 7.05 Å². The van der Waals surface area contributed by atoms with Crippen LogP contribution in [0.1, 0.15) is 20.7 Å². The van der Waals surface area contributed by atoms with Crippen molar-refractivity contribution >= 4 is 45.9 Å². The molecule has 0 saturated carbocycles. The van der Waals surface area contributed by atoms with E-state index in [4.69, 9.17) is 27.9 Å². The van der Waals surface area contributed by atoms with Crippen LogP contribution in [-0.4, -0.2) is 23.5 Å². The molecule has 3 rings (SSSR count). The third-order valence-corrected chi connectivity index (χ3v) is 4.46. The van der Waals surface area contributed by atoms with Gasteiger partial charge in [-0.3, -0.25) is 20.4 Å². The average molecular weight is 392 g/mol. The molecular weight excluding hydrogens is 377 g/mol. The van der Waals surface area contributed by atoms with Gasteiger partial charge in [-0.25, -0.2) is 0 Å². The van der Waals surface area contributed by atoms with Crippen LogP contribution in [0, 0.1) is 0 Å². The molecule has 2 N–H and O–H groups in total. The first-order valence-electron chi connectivity index (χ1n) is 7.60. The van der Waals surface area contributed by atoms with Gasteiger partial charge in [0.2, 0.25) is 0 Å². The third kappa shape index (κ3) is 3.34. The van der Waals surface area contributed by atoms with Crippen LogP contribution in [-0.2, 0) is 7.05 Å². The van der Waals surface area contributed by atoms with E-state index in [1.165, 1.54) is 19.2 Å². The Hall–Kier alpha value is -2.70. The highest BCUT2D eigenvalue weighted by Gasteiger charge is 2.16. The largest absolute Gasteiger partial charge is 0.494 e. The van der Waals surface area contributed by atoms with Crippen molar-refractivity contribution in [3.05, 3.63) is 63.8 Å². The molecule has 134 valence electrons. The van der Waals surface area contributed by atoms with Crippen LogP contribution >= 0.6 is 23.2 Å². The zero-order valence-corrected chi connectivity index (χ0v) is 15.5. The van der Waals surface area contributed by atoms with Crippen LogP contribution in [0.2, 0.25) is 10.0 Å². The first-order valence-corrected chi connectivity index (χ1v) is 8.35. The molecule has 1 heterocycles. The predicted octanol–water partition coefficient (Wildman–Crippen LogP) is 3.57. The number of rotatable bonds is 3. The Labute approximate surface area is 159 Å². The molecule has 0 spiro atoms. The minimum atomic E-state index is -0.551. The summed E-state index contributed by atoms with van der Waals surface area (Å²) in [6.07, 6.45) is 1.70. The highest BCUT2D eigenvalue weighted by molar-refractivity contribution is 6.37. The van der Waals surface area contributed by atoms with Crippen LogP contribution in [0.4, 0.5) is 0 Å². The number of nitrogens with zero attached hydrogens (tertiary/aromatic N) is 1. The molecule has 0 aliphatic carbocycles. The molecule has 2 aromatic carbocycles. The molecule has 0 radical (unpaired) electrons. The number of ether oxygens (including phenoxy) is 1. The van der Waals surface area contributed by atoms with E-state index in [1.807, 2.05) is 35.9 Å². The first-order chi connectivity index (χ1) is 12.4. The lowest BCUT2D eigenvalue weighted by Gasteiger charge is -2.10. The molecule has 26 heavy (non-hydrogen) atoms. The molecule has 0 aliphatic rings. The lowest BCUT2D eigenvalue weighted by Crippen LogP contribution is -2.41. The highest BCUT2D eigenvalue weighted by Crippen LogP contribution is 2.33. The minimum Gasteiger partial charge on any atom is -0.494 e. The number of nitrogens with one attached hydrogen (secondary N) is 2. The molecule has 2 amide bonds. The molecule has 0 aliphatic heterocycles. The molecule has 0 unspecified atom stereocenters. The van der Waals surface area contributed by atoms with Gasteiger partial charge in [0.25, 0.3) is 11.8 Å². The summed E-state index contributed by atoms with van der Waals surface area (Å²) in [4.78, 5) is 24.7. The van der Waals surface area contributed by atoms with E-state index >= 15 is 0 Å².